The number of hydrogen-bond donors (Lipinski definition) is 0. The molecule has 2 aromatic heterocycles. The maximum absolute atomic E-state index is 12.3. The van der Waals surface area contributed by atoms with Crippen LogP contribution in [0.4, 0.5) is 0 Å². The normalized spacial score (nSPS) is 19.2. The van der Waals surface area contributed by atoms with Gasteiger partial charge >= 0.3 is 0 Å². The molecule has 0 radical (unpaired) electrons. The molecule has 20 heavy (non-hydrogen) atoms. The highest BCUT2D eigenvalue weighted by Crippen LogP contribution is 2.26. The van der Waals surface area contributed by atoms with Crippen molar-refractivity contribution >= 4 is 17.2 Å². The Bertz CT molecular complexity index is 579. The zero-order valence-electron chi connectivity index (χ0n) is 11.4. The second-order valence-electron chi connectivity index (χ2n) is 5.11. The van der Waals surface area contributed by atoms with E-state index in [0.717, 1.165) is 24.3 Å². The Morgan fingerprint density at radius 2 is 2.50 bits per heavy atom. The highest BCUT2D eigenvalue weighted by Gasteiger charge is 2.28. The first-order valence-electron chi connectivity index (χ1n) is 6.83. The molecule has 1 saturated heterocycles. The summed E-state index contributed by atoms with van der Waals surface area (Å²) in [6, 6.07) is 3.98. The van der Waals surface area contributed by atoms with Crippen LogP contribution >= 0.6 is 11.3 Å². The van der Waals surface area contributed by atoms with Crippen molar-refractivity contribution in [3.05, 3.63) is 34.1 Å². The Hall–Kier alpha value is -1.69. The number of aryl methyl sites for hydroxylation is 1. The van der Waals surface area contributed by atoms with Gasteiger partial charge in [-0.05, 0) is 31.2 Å². The van der Waals surface area contributed by atoms with Gasteiger partial charge in [0.05, 0.1) is 12.3 Å². The minimum atomic E-state index is 0.178. The minimum Gasteiger partial charge on any atom is -0.342 e. The first-order chi connectivity index (χ1) is 9.72. The van der Waals surface area contributed by atoms with Gasteiger partial charge in [-0.25, -0.2) is 0 Å². The molecule has 3 heterocycles. The Morgan fingerprint density at radius 3 is 3.20 bits per heavy atom. The fourth-order valence-corrected chi connectivity index (χ4v) is 3.25. The summed E-state index contributed by atoms with van der Waals surface area (Å²) in [5.41, 5.74) is 0. The average Bonchev–Trinajstić information content (AvgIpc) is 3.10. The lowest BCUT2D eigenvalue weighted by molar-refractivity contribution is -0.131. The zero-order chi connectivity index (χ0) is 13.9. The van der Waals surface area contributed by atoms with Gasteiger partial charge in [-0.15, -0.1) is 11.3 Å². The number of carbonyl (C=O) groups excluding carboxylic acids is 1. The number of nitrogens with zero attached hydrogens (tertiary/aromatic N) is 3. The third-order valence-corrected chi connectivity index (χ3v) is 4.45. The summed E-state index contributed by atoms with van der Waals surface area (Å²) in [5, 5.41) is 5.84. The van der Waals surface area contributed by atoms with E-state index >= 15 is 0 Å². The molecule has 0 saturated carbocycles. The van der Waals surface area contributed by atoms with Crippen molar-refractivity contribution in [2.45, 2.75) is 32.1 Å². The van der Waals surface area contributed by atoms with Gasteiger partial charge in [0.2, 0.25) is 11.8 Å². The van der Waals surface area contributed by atoms with Gasteiger partial charge < -0.3 is 9.42 Å². The molecule has 1 fully saturated rings. The lowest BCUT2D eigenvalue weighted by Crippen LogP contribution is -2.39. The van der Waals surface area contributed by atoms with Crippen molar-refractivity contribution in [3.63, 3.8) is 0 Å². The van der Waals surface area contributed by atoms with Crippen LogP contribution in [-0.2, 0) is 11.2 Å². The van der Waals surface area contributed by atoms with Crippen LogP contribution in [-0.4, -0.2) is 34.0 Å². The van der Waals surface area contributed by atoms with E-state index in [2.05, 4.69) is 10.1 Å². The summed E-state index contributed by atoms with van der Waals surface area (Å²) in [6.07, 6.45) is 2.49. The summed E-state index contributed by atoms with van der Waals surface area (Å²) in [7, 11) is 0. The molecule has 1 atom stereocenters. The highest BCUT2D eigenvalue weighted by molar-refractivity contribution is 7.10. The van der Waals surface area contributed by atoms with Gasteiger partial charge in [0.15, 0.2) is 5.82 Å². The number of hydrogen-bond acceptors (Lipinski definition) is 5. The number of amides is 1. The van der Waals surface area contributed by atoms with Crippen LogP contribution in [0.3, 0.4) is 0 Å². The van der Waals surface area contributed by atoms with Crippen molar-refractivity contribution in [2.24, 2.45) is 0 Å². The smallest absolute Gasteiger partial charge is 0.231 e. The van der Waals surface area contributed by atoms with Crippen LogP contribution in [0.2, 0.25) is 0 Å². The van der Waals surface area contributed by atoms with Crippen LogP contribution in [0.1, 0.15) is 35.4 Å². The molecule has 106 valence electrons. The first kappa shape index (κ1) is 13.3. The Morgan fingerprint density at radius 1 is 1.60 bits per heavy atom. The predicted octanol–water partition coefficient (Wildman–Crippen LogP) is 2.39. The van der Waals surface area contributed by atoms with Gasteiger partial charge in [0.1, 0.15) is 0 Å². The summed E-state index contributed by atoms with van der Waals surface area (Å²) in [4.78, 5) is 19.6. The highest BCUT2D eigenvalue weighted by atomic mass is 32.1. The summed E-state index contributed by atoms with van der Waals surface area (Å²) < 4.78 is 5.24. The monoisotopic (exact) mass is 291 g/mol. The van der Waals surface area contributed by atoms with Crippen molar-refractivity contribution < 1.29 is 9.32 Å². The number of rotatable bonds is 3. The number of aromatic nitrogens is 2. The maximum Gasteiger partial charge on any atom is 0.231 e. The molecule has 0 aromatic carbocycles. The van der Waals surface area contributed by atoms with E-state index in [4.69, 9.17) is 4.52 Å². The number of likely N-dealkylation sites (tertiary alicyclic amines) is 1. The lowest BCUT2D eigenvalue weighted by atomic mass is 9.97. The quantitative estimate of drug-likeness (QED) is 0.871. The Balaban J connectivity index is 1.64. The average molecular weight is 291 g/mol. The Labute approximate surface area is 121 Å². The van der Waals surface area contributed by atoms with Gasteiger partial charge in [-0.2, -0.15) is 4.98 Å². The number of carbonyl (C=O) groups is 1. The second-order valence-corrected chi connectivity index (χ2v) is 6.15. The van der Waals surface area contributed by atoms with Gasteiger partial charge in [0, 0.05) is 18.0 Å². The van der Waals surface area contributed by atoms with Crippen molar-refractivity contribution in [1.29, 1.82) is 0 Å². The molecule has 0 unspecified atom stereocenters. The molecule has 3 rings (SSSR count). The summed E-state index contributed by atoms with van der Waals surface area (Å²) >= 11 is 1.63. The van der Waals surface area contributed by atoms with Crippen molar-refractivity contribution in [3.8, 4) is 0 Å². The first-order valence-corrected chi connectivity index (χ1v) is 7.70. The fourth-order valence-electron chi connectivity index (χ4n) is 2.56. The van der Waals surface area contributed by atoms with E-state index in [1.807, 2.05) is 29.3 Å². The van der Waals surface area contributed by atoms with E-state index in [-0.39, 0.29) is 11.8 Å². The zero-order valence-corrected chi connectivity index (χ0v) is 12.2. The molecule has 6 heteroatoms. The van der Waals surface area contributed by atoms with Crippen molar-refractivity contribution in [1.82, 2.24) is 15.0 Å². The molecule has 2 aromatic rings. The van der Waals surface area contributed by atoms with Gasteiger partial charge in [-0.3, -0.25) is 4.79 Å². The van der Waals surface area contributed by atoms with Gasteiger partial charge in [0.25, 0.3) is 0 Å². The minimum absolute atomic E-state index is 0.178. The number of thiophene rings is 1. The van der Waals surface area contributed by atoms with E-state index < -0.39 is 0 Å². The SMILES string of the molecule is Cc1noc([C@H]2CCCN(C(=O)Cc3cccs3)C2)n1. The topological polar surface area (TPSA) is 59.2 Å². The molecule has 5 nitrogen and oxygen atoms in total. The molecule has 1 aliphatic rings. The van der Waals surface area contributed by atoms with Crippen LogP contribution in [0.25, 0.3) is 0 Å². The summed E-state index contributed by atoms with van der Waals surface area (Å²) in [5.74, 6) is 1.68. The molecule has 0 spiro atoms. The molecule has 1 aliphatic heterocycles. The molecule has 0 aliphatic carbocycles. The Kier molecular flexibility index (Phi) is 3.82. The third-order valence-electron chi connectivity index (χ3n) is 3.57. The number of piperidine rings is 1. The third kappa shape index (κ3) is 2.90. The van der Waals surface area contributed by atoms with Crippen LogP contribution in [0.15, 0.2) is 22.0 Å². The fraction of sp³-hybridized carbons (Fsp3) is 0.500. The predicted molar refractivity (Wildman–Crippen MR) is 75.6 cm³/mol. The molecule has 0 bridgehead atoms. The lowest BCUT2D eigenvalue weighted by Gasteiger charge is -2.31. The largest absolute Gasteiger partial charge is 0.342 e. The maximum atomic E-state index is 12.3. The molecular weight excluding hydrogens is 274 g/mol. The standard InChI is InChI=1S/C14H17N3O2S/c1-10-15-14(19-16-10)11-4-2-6-17(9-11)13(18)8-12-5-3-7-20-12/h3,5,7,11H,2,4,6,8-9H2,1H3/t11-/m0/s1. The van der Waals surface area contributed by atoms with E-state index in [1.54, 1.807) is 11.3 Å². The van der Waals surface area contributed by atoms with Gasteiger partial charge in [-0.1, -0.05) is 11.2 Å². The van der Waals surface area contributed by atoms with E-state index in [1.165, 1.54) is 0 Å². The van der Waals surface area contributed by atoms with E-state index in [9.17, 15) is 4.79 Å². The van der Waals surface area contributed by atoms with Crippen LogP contribution in [0, 0.1) is 6.92 Å². The van der Waals surface area contributed by atoms with Crippen molar-refractivity contribution in [2.75, 3.05) is 13.1 Å². The molecule has 1 amide bonds. The van der Waals surface area contributed by atoms with Crippen LogP contribution in [0.5, 0.6) is 0 Å². The molecule has 0 N–H and O–H groups in total. The van der Waals surface area contributed by atoms with Crippen LogP contribution < -0.4 is 0 Å². The van der Waals surface area contributed by atoms with E-state index in [0.29, 0.717) is 24.7 Å². The summed E-state index contributed by atoms with van der Waals surface area (Å²) in [6.45, 7) is 3.33. The molecular formula is C14H17N3O2S. The second kappa shape index (κ2) is 5.75.